The molecule has 1 N–H and O–H groups in total. The second-order valence-electron chi connectivity index (χ2n) is 8.02. The number of carbonyl (C=O) groups excluding carboxylic acids is 2. The number of carbonyl (C=O) groups is 2. The van der Waals surface area contributed by atoms with Gasteiger partial charge in [-0.05, 0) is 67.9 Å². The number of para-hydroxylation sites is 1. The first kappa shape index (κ1) is 26.8. The Hall–Kier alpha value is -3.79. The summed E-state index contributed by atoms with van der Waals surface area (Å²) in [5.41, 5.74) is 0.788. The van der Waals surface area contributed by atoms with Gasteiger partial charge in [0.1, 0.15) is 24.2 Å². The lowest BCUT2D eigenvalue weighted by Gasteiger charge is -2.32. The number of rotatable bonds is 10. The molecule has 1 unspecified atom stereocenters. The molecule has 0 fully saturated rings. The zero-order valence-electron chi connectivity index (χ0n) is 19.9. The molecule has 10 heteroatoms. The van der Waals surface area contributed by atoms with Gasteiger partial charge in [0.2, 0.25) is 11.8 Å². The lowest BCUT2D eigenvalue weighted by molar-refractivity contribution is -0.139. The van der Waals surface area contributed by atoms with E-state index in [0.29, 0.717) is 12.1 Å². The molecule has 0 radical (unpaired) electrons. The zero-order chi connectivity index (χ0) is 26.3. The lowest BCUT2D eigenvalue weighted by Crippen LogP contribution is -2.51. The molecule has 3 aromatic carbocycles. The normalized spacial score (nSPS) is 12.0. The van der Waals surface area contributed by atoms with Crippen LogP contribution in [0.3, 0.4) is 0 Å². The molecule has 0 saturated heterocycles. The average Bonchev–Trinajstić information content (AvgIpc) is 2.87. The quantitative estimate of drug-likeness (QED) is 0.446. The van der Waals surface area contributed by atoms with Crippen molar-refractivity contribution < 1.29 is 26.8 Å². The summed E-state index contributed by atoms with van der Waals surface area (Å²) in [4.78, 5) is 27.2. The highest BCUT2D eigenvalue weighted by molar-refractivity contribution is 7.92. The number of anilines is 1. The molecule has 0 aliphatic rings. The summed E-state index contributed by atoms with van der Waals surface area (Å²) in [5, 5.41) is 2.66. The molecule has 0 bridgehead atoms. The molecular weight excluding hydrogens is 488 g/mol. The smallest absolute Gasteiger partial charge is 0.264 e. The van der Waals surface area contributed by atoms with Gasteiger partial charge in [0.05, 0.1) is 10.6 Å². The van der Waals surface area contributed by atoms with Gasteiger partial charge < -0.3 is 10.2 Å². The summed E-state index contributed by atoms with van der Waals surface area (Å²) in [5.74, 6) is -2.11. The van der Waals surface area contributed by atoms with Crippen molar-refractivity contribution in [2.45, 2.75) is 31.3 Å². The SMILES string of the molecule is CCNC(=O)C(C)N(Cc1ccc(F)cc1)C(=O)CN(c1ccccc1)S(=O)(=O)c1ccc(F)cc1. The highest BCUT2D eigenvalue weighted by Crippen LogP contribution is 2.24. The Morgan fingerprint density at radius 1 is 0.889 bits per heavy atom. The molecule has 190 valence electrons. The van der Waals surface area contributed by atoms with Gasteiger partial charge in [0.25, 0.3) is 10.0 Å². The maximum atomic E-state index is 13.6. The van der Waals surface area contributed by atoms with E-state index < -0.39 is 46.1 Å². The summed E-state index contributed by atoms with van der Waals surface area (Å²) in [7, 11) is -4.27. The van der Waals surface area contributed by atoms with E-state index in [4.69, 9.17) is 0 Å². The minimum Gasteiger partial charge on any atom is -0.355 e. The molecule has 0 aliphatic carbocycles. The second-order valence-corrected chi connectivity index (χ2v) is 9.88. The Labute approximate surface area is 209 Å². The second kappa shape index (κ2) is 11.8. The minimum absolute atomic E-state index is 0.0450. The number of nitrogens with zero attached hydrogens (tertiary/aromatic N) is 2. The third-order valence-corrected chi connectivity index (χ3v) is 7.30. The van der Waals surface area contributed by atoms with E-state index in [0.717, 1.165) is 28.6 Å². The van der Waals surface area contributed by atoms with Crippen LogP contribution in [0.2, 0.25) is 0 Å². The number of halogens is 2. The van der Waals surface area contributed by atoms with E-state index in [1.54, 1.807) is 25.1 Å². The summed E-state index contributed by atoms with van der Waals surface area (Å²) in [6, 6.07) is 16.8. The first-order valence-electron chi connectivity index (χ1n) is 11.3. The third kappa shape index (κ3) is 6.45. The Morgan fingerprint density at radius 2 is 1.44 bits per heavy atom. The van der Waals surface area contributed by atoms with Crippen LogP contribution in [-0.4, -0.2) is 44.3 Å². The molecule has 0 aromatic heterocycles. The van der Waals surface area contributed by atoms with Crippen molar-refractivity contribution in [3.63, 3.8) is 0 Å². The van der Waals surface area contributed by atoms with Crippen LogP contribution < -0.4 is 9.62 Å². The van der Waals surface area contributed by atoms with Crippen LogP contribution >= 0.6 is 0 Å². The fourth-order valence-electron chi connectivity index (χ4n) is 3.55. The molecule has 7 nitrogen and oxygen atoms in total. The van der Waals surface area contributed by atoms with Crippen LogP contribution in [0.15, 0.2) is 83.8 Å². The van der Waals surface area contributed by atoms with Gasteiger partial charge in [-0.3, -0.25) is 13.9 Å². The average molecular weight is 516 g/mol. The largest absolute Gasteiger partial charge is 0.355 e. The van der Waals surface area contributed by atoms with Gasteiger partial charge in [-0.2, -0.15) is 0 Å². The summed E-state index contributed by atoms with van der Waals surface area (Å²) < 4.78 is 54.8. The van der Waals surface area contributed by atoms with Crippen molar-refractivity contribution in [3.8, 4) is 0 Å². The highest BCUT2D eigenvalue weighted by atomic mass is 32.2. The van der Waals surface area contributed by atoms with E-state index in [9.17, 15) is 26.8 Å². The number of sulfonamides is 1. The fourth-order valence-corrected chi connectivity index (χ4v) is 4.96. The molecule has 0 aliphatic heterocycles. The van der Waals surface area contributed by atoms with Crippen molar-refractivity contribution in [1.29, 1.82) is 0 Å². The van der Waals surface area contributed by atoms with Gasteiger partial charge in [-0.25, -0.2) is 17.2 Å². The van der Waals surface area contributed by atoms with Crippen LogP contribution in [0.25, 0.3) is 0 Å². The standard InChI is InChI=1S/C26H27F2N3O4S/c1-3-29-26(33)19(2)30(17-20-9-11-21(27)12-10-20)25(32)18-31(23-7-5-4-6-8-23)36(34,35)24-15-13-22(28)14-16-24/h4-16,19H,3,17-18H2,1-2H3,(H,29,33). The number of hydrogen-bond acceptors (Lipinski definition) is 4. The molecule has 0 spiro atoms. The Bertz CT molecular complexity index is 1290. The Balaban J connectivity index is 1.99. The van der Waals surface area contributed by atoms with Gasteiger partial charge in [-0.1, -0.05) is 30.3 Å². The van der Waals surface area contributed by atoms with Crippen molar-refractivity contribution in [2.24, 2.45) is 0 Å². The first-order chi connectivity index (χ1) is 17.1. The van der Waals surface area contributed by atoms with Crippen LogP contribution in [0, 0.1) is 11.6 Å². The summed E-state index contributed by atoms with van der Waals surface area (Å²) >= 11 is 0. The maximum Gasteiger partial charge on any atom is 0.264 e. The van der Waals surface area contributed by atoms with Crippen molar-refractivity contribution in [2.75, 3.05) is 17.4 Å². The Kier molecular flexibility index (Phi) is 8.76. The number of amides is 2. The van der Waals surface area contributed by atoms with E-state index in [2.05, 4.69) is 5.32 Å². The molecule has 3 rings (SSSR count). The van der Waals surface area contributed by atoms with Crippen molar-refractivity contribution in [3.05, 3.63) is 96.1 Å². The lowest BCUT2D eigenvalue weighted by atomic mass is 10.1. The predicted molar refractivity (Wildman–Crippen MR) is 132 cm³/mol. The molecular formula is C26H27F2N3O4S. The minimum atomic E-state index is -4.27. The molecule has 1 atom stereocenters. The van der Waals surface area contributed by atoms with Gasteiger partial charge in [-0.15, -0.1) is 0 Å². The maximum absolute atomic E-state index is 13.6. The fraction of sp³-hybridized carbons (Fsp3) is 0.231. The van der Waals surface area contributed by atoms with E-state index in [1.807, 2.05) is 0 Å². The van der Waals surface area contributed by atoms with Crippen molar-refractivity contribution >= 4 is 27.5 Å². The molecule has 0 heterocycles. The van der Waals surface area contributed by atoms with Crippen LogP contribution in [0.4, 0.5) is 14.5 Å². The van der Waals surface area contributed by atoms with Crippen molar-refractivity contribution in [1.82, 2.24) is 10.2 Å². The van der Waals surface area contributed by atoms with E-state index in [-0.39, 0.29) is 17.1 Å². The van der Waals surface area contributed by atoms with E-state index >= 15 is 0 Å². The first-order valence-corrected chi connectivity index (χ1v) is 12.7. The molecule has 3 aromatic rings. The monoisotopic (exact) mass is 515 g/mol. The Morgan fingerprint density at radius 3 is 2.00 bits per heavy atom. The molecule has 2 amide bonds. The topological polar surface area (TPSA) is 86.8 Å². The number of likely N-dealkylation sites (N-methyl/N-ethyl adjacent to an activating group) is 1. The van der Waals surface area contributed by atoms with Gasteiger partial charge >= 0.3 is 0 Å². The van der Waals surface area contributed by atoms with Gasteiger partial charge in [0, 0.05) is 13.1 Å². The highest BCUT2D eigenvalue weighted by Gasteiger charge is 2.32. The predicted octanol–water partition coefficient (Wildman–Crippen LogP) is 3.71. The molecule has 36 heavy (non-hydrogen) atoms. The van der Waals surface area contributed by atoms with Crippen LogP contribution in [0.5, 0.6) is 0 Å². The number of hydrogen-bond donors (Lipinski definition) is 1. The van der Waals surface area contributed by atoms with Gasteiger partial charge in [0.15, 0.2) is 0 Å². The third-order valence-electron chi connectivity index (χ3n) is 5.51. The number of benzene rings is 3. The van der Waals surface area contributed by atoms with Crippen LogP contribution in [-0.2, 0) is 26.2 Å². The molecule has 0 saturated carbocycles. The van der Waals surface area contributed by atoms with Crippen LogP contribution in [0.1, 0.15) is 19.4 Å². The summed E-state index contributed by atoms with van der Waals surface area (Å²) in [6.45, 7) is 2.96. The summed E-state index contributed by atoms with van der Waals surface area (Å²) in [6.07, 6.45) is 0. The zero-order valence-corrected chi connectivity index (χ0v) is 20.7. The number of nitrogens with one attached hydrogen (secondary N) is 1. The van der Waals surface area contributed by atoms with E-state index in [1.165, 1.54) is 48.2 Å².